The highest BCUT2D eigenvalue weighted by molar-refractivity contribution is 7.99. The van der Waals surface area contributed by atoms with E-state index in [4.69, 9.17) is 0 Å². The first-order chi connectivity index (χ1) is 12.8. The summed E-state index contributed by atoms with van der Waals surface area (Å²) in [6.07, 6.45) is -1.27. The van der Waals surface area contributed by atoms with Gasteiger partial charge in [-0.1, -0.05) is 0 Å². The van der Waals surface area contributed by atoms with Crippen LogP contribution in [0.3, 0.4) is 0 Å². The minimum absolute atomic E-state index is 0.354. The number of thioether (sulfide) groups is 1. The minimum Gasteiger partial charge on any atom is -0.374 e. The number of rotatable bonds is 4. The van der Waals surface area contributed by atoms with Gasteiger partial charge in [0.2, 0.25) is 5.91 Å². The topological polar surface area (TPSA) is 78.9 Å². The molecule has 1 atom stereocenters. The van der Waals surface area contributed by atoms with Crippen molar-refractivity contribution in [2.75, 3.05) is 40.9 Å². The Balaban J connectivity index is 1.99. The van der Waals surface area contributed by atoms with E-state index >= 15 is 0 Å². The Morgan fingerprint density at radius 3 is 2.56 bits per heavy atom. The van der Waals surface area contributed by atoms with Crippen molar-refractivity contribution in [3.8, 4) is 0 Å². The SMILES string of the molecule is CC(=O)NC[C@H]1C(=O)OC(=O)N1c1cc(F)c(N2CCSCC2)c(F)c1F. The second kappa shape index (κ2) is 7.67. The third-order valence-corrected chi connectivity index (χ3v) is 5.16. The monoisotopic (exact) mass is 403 g/mol. The lowest BCUT2D eigenvalue weighted by Crippen LogP contribution is -2.44. The van der Waals surface area contributed by atoms with Crippen LogP contribution in [0.25, 0.3) is 0 Å². The molecule has 1 aromatic rings. The van der Waals surface area contributed by atoms with Gasteiger partial charge in [-0.15, -0.1) is 0 Å². The fourth-order valence-electron chi connectivity index (χ4n) is 2.94. The Labute approximate surface area is 156 Å². The summed E-state index contributed by atoms with van der Waals surface area (Å²) >= 11 is 1.62. The quantitative estimate of drug-likeness (QED) is 0.468. The number of carbonyl (C=O) groups excluding carboxylic acids is 3. The number of benzene rings is 1. The van der Waals surface area contributed by atoms with Gasteiger partial charge in [0.25, 0.3) is 0 Å². The predicted molar refractivity (Wildman–Crippen MR) is 92.3 cm³/mol. The Kier molecular flexibility index (Phi) is 5.49. The van der Waals surface area contributed by atoms with Crippen molar-refractivity contribution in [2.24, 2.45) is 0 Å². The van der Waals surface area contributed by atoms with Gasteiger partial charge in [0.05, 0.1) is 5.69 Å². The van der Waals surface area contributed by atoms with Crippen LogP contribution in [0.4, 0.5) is 29.3 Å². The van der Waals surface area contributed by atoms with Crippen LogP contribution in [0.5, 0.6) is 0 Å². The summed E-state index contributed by atoms with van der Waals surface area (Å²) in [5.41, 5.74) is -1.26. The number of halogens is 3. The molecule has 0 radical (unpaired) electrons. The van der Waals surface area contributed by atoms with Crippen LogP contribution in [-0.2, 0) is 14.3 Å². The van der Waals surface area contributed by atoms with Crippen molar-refractivity contribution >= 4 is 41.1 Å². The maximum absolute atomic E-state index is 14.7. The Morgan fingerprint density at radius 2 is 1.93 bits per heavy atom. The van der Waals surface area contributed by atoms with Crippen LogP contribution < -0.4 is 15.1 Å². The molecule has 2 heterocycles. The fraction of sp³-hybridized carbons (Fsp3) is 0.438. The van der Waals surface area contributed by atoms with Gasteiger partial charge in [0.15, 0.2) is 23.5 Å². The largest absolute Gasteiger partial charge is 0.423 e. The molecule has 27 heavy (non-hydrogen) atoms. The van der Waals surface area contributed by atoms with E-state index in [2.05, 4.69) is 10.1 Å². The van der Waals surface area contributed by atoms with Gasteiger partial charge < -0.3 is 15.0 Å². The van der Waals surface area contributed by atoms with Crippen LogP contribution in [0.1, 0.15) is 6.92 Å². The lowest BCUT2D eigenvalue weighted by atomic mass is 10.1. The van der Waals surface area contributed by atoms with Gasteiger partial charge in [-0.3, -0.25) is 9.69 Å². The van der Waals surface area contributed by atoms with Gasteiger partial charge in [-0.05, 0) is 0 Å². The fourth-order valence-corrected chi connectivity index (χ4v) is 3.85. The highest BCUT2D eigenvalue weighted by Gasteiger charge is 2.44. The average Bonchev–Trinajstić information content (AvgIpc) is 2.90. The van der Waals surface area contributed by atoms with Crippen molar-refractivity contribution in [3.05, 3.63) is 23.5 Å². The number of ether oxygens (including phenoxy) is 1. The van der Waals surface area contributed by atoms with Gasteiger partial charge in [-0.25, -0.2) is 22.8 Å². The first-order valence-corrected chi connectivity index (χ1v) is 9.26. The van der Waals surface area contributed by atoms with E-state index < -0.39 is 52.8 Å². The molecule has 2 amide bonds. The number of hydrogen-bond acceptors (Lipinski definition) is 6. The molecule has 0 spiro atoms. The zero-order valence-electron chi connectivity index (χ0n) is 14.3. The summed E-state index contributed by atoms with van der Waals surface area (Å²) in [5.74, 6) is -4.22. The Morgan fingerprint density at radius 1 is 1.26 bits per heavy atom. The lowest BCUT2D eigenvalue weighted by molar-refractivity contribution is -0.135. The predicted octanol–water partition coefficient (Wildman–Crippen LogP) is 1.65. The second-order valence-corrected chi connectivity index (χ2v) is 7.19. The molecule has 2 saturated heterocycles. The van der Waals surface area contributed by atoms with Crippen molar-refractivity contribution in [1.82, 2.24) is 5.32 Å². The molecule has 146 valence electrons. The molecule has 0 aromatic heterocycles. The van der Waals surface area contributed by atoms with Gasteiger partial charge in [0.1, 0.15) is 5.69 Å². The smallest absolute Gasteiger partial charge is 0.374 e. The molecule has 2 aliphatic rings. The molecular weight excluding hydrogens is 387 g/mol. The van der Waals surface area contributed by atoms with E-state index in [1.807, 2.05) is 0 Å². The van der Waals surface area contributed by atoms with Crippen LogP contribution in [0, 0.1) is 17.5 Å². The number of cyclic esters (lactones) is 2. The Bertz CT molecular complexity index is 802. The molecular formula is C16H16F3N3O4S. The van der Waals surface area contributed by atoms with E-state index in [0.29, 0.717) is 35.6 Å². The van der Waals surface area contributed by atoms with Crippen molar-refractivity contribution in [2.45, 2.75) is 13.0 Å². The summed E-state index contributed by atoms with van der Waals surface area (Å²) in [7, 11) is 0. The molecule has 3 rings (SSSR count). The highest BCUT2D eigenvalue weighted by atomic mass is 32.2. The average molecular weight is 403 g/mol. The van der Waals surface area contributed by atoms with Gasteiger partial charge in [-0.2, -0.15) is 11.8 Å². The van der Waals surface area contributed by atoms with E-state index in [1.165, 1.54) is 11.8 Å². The normalized spacial score (nSPS) is 20.1. The van der Waals surface area contributed by atoms with Crippen molar-refractivity contribution in [1.29, 1.82) is 0 Å². The van der Waals surface area contributed by atoms with Gasteiger partial charge >= 0.3 is 12.1 Å². The summed E-state index contributed by atoms with van der Waals surface area (Å²) in [5, 5.41) is 2.30. The maximum atomic E-state index is 14.7. The molecule has 7 nitrogen and oxygen atoms in total. The number of nitrogens with one attached hydrogen (secondary N) is 1. The summed E-state index contributed by atoms with van der Waals surface area (Å²) in [4.78, 5) is 36.7. The third kappa shape index (κ3) is 3.68. The molecule has 1 aromatic carbocycles. The maximum Gasteiger partial charge on any atom is 0.423 e. The molecule has 11 heteroatoms. The number of anilines is 2. The summed E-state index contributed by atoms with van der Waals surface area (Å²) < 4.78 is 48.4. The van der Waals surface area contributed by atoms with Crippen LogP contribution in [0.15, 0.2) is 6.07 Å². The van der Waals surface area contributed by atoms with Crippen LogP contribution >= 0.6 is 11.8 Å². The molecule has 0 unspecified atom stereocenters. The summed E-state index contributed by atoms with van der Waals surface area (Å²) in [6, 6.07) is -0.761. The number of carbonyl (C=O) groups is 3. The van der Waals surface area contributed by atoms with E-state index in [9.17, 15) is 27.6 Å². The lowest BCUT2D eigenvalue weighted by Gasteiger charge is -2.30. The molecule has 1 N–H and O–H groups in total. The standard InChI is InChI=1S/C16H16F3N3O4S/c1-8(23)20-7-11-15(24)26-16(25)22(11)10-6-9(17)14(13(19)12(10)18)21-2-4-27-5-3-21/h6,11H,2-5,7H2,1H3,(H,20,23)/t11-/m0/s1. The molecule has 2 aliphatic heterocycles. The van der Waals surface area contributed by atoms with Crippen molar-refractivity contribution < 1.29 is 32.3 Å². The summed E-state index contributed by atoms with van der Waals surface area (Å²) in [6.45, 7) is 1.51. The number of esters is 1. The Hall–Kier alpha value is -2.43. The highest BCUT2D eigenvalue weighted by Crippen LogP contribution is 2.35. The second-order valence-electron chi connectivity index (χ2n) is 5.96. The number of amides is 2. The van der Waals surface area contributed by atoms with E-state index in [-0.39, 0.29) is 6.54 Å². The number of nitrogens with zero attached hydrogens (tertiary/aromatic N) is 2. The van der Waals surface area contributed by atoms with E-state index in [0.717, 1.165) is 0 Å². The first kappa shape index (κ1) is 19.3. The molecule has 0 bridgehead atoms. The molecule has 0 aliphatic carbocycles. The third-order valence-electron chi connectivity index (χ3n) is 4.21. The minimum atomic E-state index is -1.47. The van der Waals surface area contributed by atoms with Crippen LogP contribution in [0.2, 0.25) is 0 Å². The van der Waals surface area contributed by atoms with Gasteiger partial charge in [0, 0.05) is 44.1 Å². The zero-order chi connectivity index (χ0) is 19.7. The van der Waals surface area contributed by atoms with E-state index in [1.54, 1.807) is 11.8 Å². The number of hydrogen-bond donors (Lipinski definition) is 1. The van der Waals surface area contributed by atoms with Crippen molar-refractivity contribution in [3.63, 3.8) is 0 Å². The molecule has 2 fully saturated rings. The van der Waals surface area contributed by atoms with Crippen LogP contribution in [-0.4, -0.2) is 55.2 Å². The molecule has 0 saturated carbocycles. The first-order valence-electron chi connectivity index (χ1n) is 8.10. The zero-order valence-corrected chi connectivity index (χ0v) is 15.1.